The van der Waals surface area contributed by atoms with Crippen molar-refractivity contribution in [2.24, 2.45) is 0 Å². The van der Waals surface area contributed by atoms with Crippen molar-refractivity contribution in [1.29, 1.82) is 5.26 Å². The SMILES string of the molecule is CCOc1ccc(/C=C(/C#N)c2ccc(Cl)cc2Cl)cc1Cl. The molecule has 0 heterocycles. The van der Waals surface area contributed by atoms with Gasteiger partial charge in [-0.15, -0.1) is 0 Å². The Balaban J connectivity index is 2.41. The second-order valence-electron chi connectivity index (χ2n) is 4.42. The van der Waals surface area contributed by atoms with Crippen LogP contribution in [0.5, 0.6) is 5.75 Å². The van der Waals surface area contributed by atoms with Gasteiger partial charge in [0.15, 0.2) is 0 Å². The monoisotopic (exact) mass is 351 g/mol. The van der Waals surface area contributed by atoms with Gasteiger partial charge in [0, 0.05) is 10.6 Å². The lowest BCUT2D eigenvalue weighted by atomic mass is 10.0. The van der Waals surface area contributed by atoms with Crippen molar-refractivity contribution < 1.29 is 4.74 Å². The van der Waals surface area contributed by atoms with E-state index in [0.29, 0.717) is 38.6 Å². The third-order valence-electron chi connectivity index (χ3n) is 2.91. The predicted octanol–water partition coefficient (Wildman–Crippen LogP) is 6.11. The number of hydrogen-bond acceptors (Lipinski definition) is 2. The van der Waals surface area contributed by atoms with Crippen LogP contribution in [-0.2, 0) is 0 Å². The van der Waals surface area contributed by atoms with Crippen LogP contribution < -0.4 is 4.74 Å². The molecule has 112 valence electrons. The maximum atomic E-state index is 9.38. The minimum atomic E-state index is 0.428. The van der Waals surface area contributed by atoms with Gasteiger partial charge in [-0.3, -0.25) is 0 Å². The van der Waals surface area contributed by atoms with Gasteiger partial charge in [-0.25, -0.2) is 0 Å². The van der Waals surface area contributed by atoms with Crippen LogP contribution in [0.15, 0.2) is 36.4 Å². The summed E-state index contributed by atoms with van der Waals surface area (Å²) in [4.78, 5) is 0. The fourth-order valence-corrected chi connectivity index (χ4v) is 2.68. The molecular weight excluding hydrogens is 341 g/mol. The number of rotatable bonds is 4. The smallest absolute Gasteiger partial charge is 0.137 e. The predicted molar refractivity (Wildman–Crippen MR) is 92.6 cm³/mol. The molecule has 0 fully saturated rings. The third kappa shape index (κ3) is 3.96. The summed E-state index contributed by atoms with van der Waals surface area (Å²) in [5.41, 5.74) is 1.84. The Kier molecular flexibility index (Phi) is 5.74. The van der Waals surface area contributed by atoms with Gasteiger partial charge in [-0.05, 0) is 42.8 Å². The number of allylic oxidation sites excluding steroid dienone is 1. The molecule has 2 aromatic carbocycles. The van der Waals surface area contributed by atoms with E-state index in [9.17, 15) is 5.26 Å². The Morgan fingerprint density at radius 1 is 1.14 bits per heavy atom. The fraction of sp³-hybridized carbons (Fsp3) is 0.118. The van der Waals surface area contributed by atoms with Crippen molar-refractivity contribution in [1.82, 2.24) is 0 Å². The van der Waals surface area contributed by atoms with Crippen LogP contribution in [-0.4, -0.2) is 6.61 Å². The lowest BCUT2D eigenvalue weighted by molar-refractivity contribution is 0.340. The van der Waals surface area contributed by atoms with E-state index in [1.807, 2.05) is 13.0 Å². The van der Waals surface area contributed by atoms with E-state index in [-0.39, 0.29) is 0 Å². The number of benzene rings is 2. The summed E-state index contributed by atoms with van der Waals surface area (Å²) in [5.74, 6) is 0.615. The van der Waals surface area contributed by atoms with Gasteiger partial charge in [-0.1, -0.05) is 46.9 Å². The summed E-state index contributed by atoms with van der Waals surface area (Å²) in [6, 6.07) is 12.5. The lowest BCUT2D eigenvalue weighted by Gasteiger charge is -2.07. The Hall–Kier alpha value is -1.66. The Labute approximate surface area is 144 Å². The Morgan fingerprint density at radius 3 is 2.50 bits per heavy atom. The highest BCUT2D eigenvalue weighted by molar-refractivity contribution is 6.36. The summed E-state index contributed by atoms with van der Waals surface area (Å²) < 4.78 is 5.39. The fourth-order valence-electron chi connectivity index (χ4n) is 1.92. The Bertz CT molecular complexity index is 763. The molecule has 5 heteroatoms. The molecule has 0 N–H and O–H groups in total. The van der Waals surface area contributed by atoms with Crippen molar-refractivity contribution in [3.63, 3.8) is 0 Å². The van der Waals surface area contributed by atoms with Gasteiger partial charge < -0.3 is 4.74 Å². The quantitative estimate of drug-likeness (QED) is 0.491. The van der Waals surface area contributed by atoms with Crippen LogP contribution in [0.4, 0.5) is 0 Å². The van der Waals surface area contributed by atoms with E-state index >= 15 is 0 Å². The zero-order valence-corrected chi connectivity index (χ0v) is 14.0. The molecule has 0 aliphatic rings. The molecule has 0 amide bonds. The van der Waals surface area contributed by atoms with Gasteiger partial charge in [0.1, 0.15) is 5.75 Å². The molecule has 2 rings (SSSR count). The normalized spacial score (nSPS) is 11.1. The van der Waals surface area contributed by atoms with E-state index in [4.69, 9.17) is 39.5 Å². The van der Waals surface area contributed by atoms with Crippen LogP contribution in [0.2, 0.25) is 15.1 Å². The maximum Gasteiger partial charge on any atom is 0.137 e. The van der Waals surface area contributed by atoms with E-state index < -0.39 is 0 Å². The average molecular weight is 353 g/mol. The largest absolute Gasteiger partial charge is 0.492 e. The van der Waals surface area contributed by atoms with Crippen molar-refractivity contribution >= 4 is 46.5 Å². The summed E-state index contributed by atoms with van der Waals surface area (Å²) in [6.07, 6.45) is 1.72. The molecule has 0 aliphatic heterocycles. The second kappa shape index (κ2) is 7.56. The first-order valence-electron chi connectivity index (χ1n) is 6.54. The molecule has 0 radical (unpaired) electrons. The van der Waals surface area contributed by atoms with Crippen molar-refractivity contribution in [3.05, 3.63) is 62.6 Å². The molecule has 0 saturated carbocycles. The summed E-state index contributed by atoms with van der Waals surface area (Å²) in [7, 11) is 0. The first-order valence-corrected chi connectivity index (χ1v) is 7.68. The van der Waals surface area contributed by atoms with Crippen LogP contribution in [0.1, 0.15) is 18.1 Å². The van der Waals surface area contributed by atoms with E-state index in [2.05, 4.69) is 6.07 Å². The lowest BCUT2D eigenvalue weighted by Crippen LogP contribution is -1.92. The van der Waals surface area contributed by atoms with Crippen LogP contribution in [0.3, 0.4) is 0 Å². The topological polar surface area (TPSA) is 33.0 Å². The number of ether oxygens (including phenoxy) is 1. The number of halogens is 3. The standard InChI is InChI=1S/C17H12Cl3NO/c1-2-22-17-6-3-11(8-16(17)20)7-12(10-21)14-5-4-13(18)9-15(14)19/h3-9H,2H2,1H3/b12-7-. The molecule has 0 spiro atoms. The third-order valence-corrected chi connectivity index (χ3v) is 3.75. The summed E-state index contributed by atoms with van der Waals surface area (Å²) >= 11 is 18.2. The molecule has 0 atom stereocenters. The minimum Gasteiger partial charge on any atom is -0.492 e. The van der Waals surface area contributed by atoms with Crippen molar-refractivity contribution in [2.75, 3.05) is 6.61 Å². The van der Waals surface area contributed by atoms with Gasteiger partial charge >= 0.3 is 0 Å². The van der Waals surface area contributed by atoms with Crippen LogP contribution in [0.25, 0.3) is 11.6 Å². The highest BCUT2D eigenvalue weighted by Gasteiger charge is 2.08. The summed E-state index contributed by atoms with van der Waals surface area (Å²) in [6.45, 7) is 2.43. The molecule has 0 bridgehead atoms. The molecule has 2 nitrogen and oxygen atoms in total. The van der Waals surface area contributed by atoms with Gasteiger partial charge in [-0.2, -0.15) is 5.26 Å². The second-order valence-corrected chi connectivity index (χ2v) is 5.67. The maximum absolute atomic E-state index is 9.38. The number of nitrogens with zero attached hydrogens (tertiary/aromatic N) is 1. The first-order chi connectivity index (χ1) is 10.5. The van der Waals surface area contributed by atoms with Crippen molar-refractivity contribution in [3.8, 4) is 11.8 Å². The van der Waals surface area contributed by atoms with Crippen molar-refractivity contribution in [2.45, 2.75) is 6.92 Å². The molecule has 0 aliphatic carbocycles. The highest BCUT2D eigenvalue weighted by Crippen LogP contribution is 2.30. The van der Waals surface area contributed by atoms with E-state index in [0.717, 1.165) is 5.56 Å². The van der Waals surface area contributed by atoms with Gasteiger partial charge in [0.25, 0.3) is 0 Å². The molecule has 0 aromatic heterocycles. The molecule has 22 heavy (non-hydrogen) atoms. The van der Waals surface area contributed by atoms with Gasteiger partial charge in [0.05, 0.1) is 28.3 Å². The first kappa shape index (κ1) is 16.7. The average Bonchev–Trinajstić information content (AvgIpc) is 2.48. The minimum absolute atomic E-state index is 0.428. The zero-order chi connectivity index (χ0) is 16.1. The van der Waals surface area contributed by atoms with E-state index in [1.54, 1.807) is 36.4 Å². The van der Waals surface area contributed by atoms with Gasteiger partial charge in [0.2, 0.25) is 0 Å². The molecule has 0 saturated heterocycles. The van der Waals surface area contributed by atoms with E-state index in [1.165, 1.54) is 0 Å². The molecule has 2 aromatic rings. The zero-order valence-electron chi connectivity index (χ0n) is 11.7. The molecule has 0 unspecified atom stereocenters. The molecular formula is C17H12Cl3NO. The summed E-state index contributed by atoms with van der Waals surface area (Å²) in [5, 5.41) is 10.8. The highest BCUT2D eigenvalue weighted by atomic mass is 35.5. The van der Waals surface area contributed by atoms with Crippen LogP contribution in [0, 0.1) is 11.3 Å². The number of hydrogen-bond donors (Lipinski definition) is 0. The number of nitriles is 1. The van der Waals surface area contributed by atoms with Crippen LogP contribution >= 0.6 is 34.8 Å². The Morgan fingerprint density at radius 2 is 1.91 bits per heavy atom.